The summed E-state index contributed by atoms with van der Waals surface area (Å²) in [6.45, 7) is 8.96. The van der Waals surface area contributed by atoms with Gasteiger partial charge in [0.15, 0.2) is 0 Å². The number of unbranched alkanes of at least 4 members (excludes halogenated alkanes) is 2. The van der Waals surface area contributed by atoms with Crippen LogP contribution in [0.3, 0.4) is 0 Å². The highest BCUT2D eigenvalue weighted by molar-refractivity contribution is 5.78. The van der Waals surface area contributed by atoms with Crippen molar-refractivity contribution in [3.05, 3.63) is 0 Å². The molecule has 21 heavy (non-hydrogen) atoms. The van der Waals surface area contributed by atoms with Crippen LogP contribution in [0.25, 0.3) is 0 Å². The Bertz CT molecular complexity index is 305. The SMILES string of the molecule is NCCCCCN1CCCN(CC(=O)N2CCCC2)CC1. The highest BCUT2D eigenvalue weighted by Crippen LogP contribution is 2.10. The van der Waals surface area contributed by atoms with E-state index in [1.807, 2.05) is 4.90 Å². The molecule has 2 aliphatic heterocycles. The fourth-order valence-electron chi connectivity index (χ4n) is 3.32. The highest BCUT2D eigenvalue weighted by Gasteiger charge is 2.22. The fraction of sp³-hybridized carbons (Fsp3) is 0.938. The van der Waals surface area contributed by atoms with Crippen LogP contribution in [0.2, 0.25) is 0 Å². The fourth-order valence-corrected chi connectivity index (χ4v) is 3.32. The Labute approximate surface area is 129 Å². The summed E-state index contributed by atoms with van der Waals surface area (Å²) in [4.78, 5) is 19.1. The van der Waals surface area contributed by atoms with Crippen LogP contribution in [0.5, 0.6) is 0 Å². The van der Waals surface area contributed by atoms with Gasteiger partial charge in [0.2, 0.25) is 5.91 Å². The molecule has 0 aromatic heterocycles. The minimum Gasteiger partial charge on any atom is -0.342 e. The molecule has 0 saturated carbocycles. The van der Waals surface area contributed by atoms with E-state index in [2.05, 4.69) is 9.80 Å². The molecule has 2 saturated heterocycles. The molecule has 2 heterocycles. The first-order chi connectivity index (χ1) is 10.3. The summed E-state index contributed by atoms with van der Waals surface area (Å²) in [5.74, 6) is 0.337. The standard InChI is InChI=1S/C16H32N4O/c17-7-2-1-3-8-18-9-6-10-19(14-13-18)15-16(21)20-11-4-5-12-20/h1-15,17H2. The Morgan fingerprint density at radius 3 is 2.29 bits per heavy atom. The van der Waals surface area contributed by atoms with E-state index in [1.165, 1.54) is 45.2 Å². The van der Waals surface area contributed by atoms with Crippen molar-refractivity contribution in [2.24, 2.45) is 5.73 Å². The van der Waals surface area contributed by atoms with Crippen molar-refractivity contribution >= 4 is 5.91 Å². The largest absolute Gasteiger partial charge is 0.342 e. The number of hydrogen-bond donors (Lipinski definition) is 1. The molecule has 0 aromatic carbocycles. The number of carbonyl (C=O) groups excluding carboxylic acids is 1. The second-order valence-corrected chi connectivity index (χ2v) is 6.41. The molecule has 2 N–H and O–H groups in total. The van der Waals surface area contributed by atoms with Crippen LogP contribution >= 0.6 is 0 Å². The molecule has 0 radical (unpaired) electrons. The number of carbonyl (C=O) groups is 1. The highest BCUT2D eigenvalue weighted by atomic mass is 16.2. The maximum Gasteiger partial charge on any atom is 0.236 e. The van der Waals surface area contributed by atoms with E-state index in [0.29, 0.717) is 12.5 Å². The predicted octanol–water partition coefficient (Wildman–Crippen LogP) is 0.746. The van der Waals surface area contributed by atoms with Gasteiger partial charge in [-0.05, 0) is 58.3 Å². The lowest BCUT2D eigenvalue weighted by Crippen LogP contribution is -2.40. The number of hydrogen-bond acceptors (Lipinski definition) is 4. The van der Waals surface area contributed by atoms with Gasteiger partial charge in [-0.25, -0.2) is 0 Å². The molecule has 0 spiro atoms. The Morgan fingerprint density at radius 1 is 0.810 bits per heavy atom. The van der Waals surface area contributed by atoms with Gasteiger partial charge < -0.3 is 15.5 Å². The molecule has 0 aliphatic carbocycles. The van der Waals surface area contributed by atoms with Gasteiger partial charge in [0.25, 0.3) is 0 Å². The molecule has 122 valence electrons. The first-order valence-corrected chi connectivity index (χ1v) is 8.72. The number of rotatable bonds is 7. The van der Waals surface area contributed by atoms with Gasteiger partial charge in [-0.2, -0.15) is 0 Å². The molecule has 2 aliphatic rings. The average Bonchev–Trinajstić information content (AvgIpc) is 2.94. The van der Waals surface area contributed by atoms with Crippen LogP contribution in [0, 0.1) is 0 Å². The van der Waals surface area contributed by atoms with Crippen molar-refractivity contribution in [1.29, 1.82) is 0 Å². The number of nitrogens with two attached hydrogens (primary N) is 1. The minimum absolute atomic E-state index is 0.337. The van der Waals surface area contributed by atoms with Crippen molar-refractivity contribution in [2.75, 3.05) is 58.9 Å². The maximum atomic E-state index is 12.2. The molecule has 5 heteroatoms. The summed E-state index contributed by atoms with van der Waals surface area (Å²) in [7, 11) is 0. The Balaban J connectivity index is 1.64. The second-order valence-electron chi connectivity index (χ2n) is 6.41. The minimum atomic E-state index is 0.337. The summed E-state index contributed by atoms with van der Waals surface area (Å²) in [6.07, 6.45) is 7.19. The summed E-state index contributed by atoms with van der Waals surface area (Å²) in [6, 6.07) is 0. The topological polar surface area (TPSA) is 52.8 Å². The zero-order chi connectivity index (χ0) is 14.9. The zero-order valence-electron chi connectivity index (χ0n) is 13.4. The van der Waals surface area contributed by atoms with Crippen LogP contribution in [0.1, 0.15) is 38.5 Å². The lowest BCUT2D eigenvalue weighted by Gasteiger charge is -2.23. The van der Waals surface area contributed by atoms with E-state index in [-0.39, 0.29) is 0 Å². The molecule has 0 atom stereocenters. The van der Waals surface area contributed by atoms with Crippen LogP contribution < -0.4 is 5.73 Å². The molecule has 1 amide bonds. The summed E-state index contributed by atoms with van der Waals surface area (Å²) >= 11 is 0. The number of nitrogens with zero attached hydrogens (tertiary/aromatic N) is 3. The van der Waals surface area contributed by atoms with E-state index in [0.717, 1.165) is 45.7 Å². The number of amides is 1. The molecule has 0 bridgehead atoms. The average molecular weight is 296 g/mol. The van der Waals surface area contributed by atoms with Crippen molar-refractivity contribution in [2.45, 2.75) is 38.5 Å². The lowest BCUT2D eigenvalue weighted by molar-refractivity contribution is -0.131. The van der Waals surface area contributed by atoms with Gasteiger partial charge in [-0.1, -0.05) is 6.42 Å². The smallest absolute Gasteiger partial charge is 0.236 e. The van der Waals surface area contributed by atoms with Crippen LogP contribution in [-0.2, 0) is 4.79 Å². The molecular formula is C16H32N4O. The predicted molar refractivity (Wildman–Crippen MR) is 86.2 cm³/mol. The quantitative estimate of drug-likeness (QED) is 0.704. The first-order valence-electron chi connectivity index (χ1n) is 8.72. The maximum absolute atomic E-state index is 12.2. The Morgan fingerprint density at radius 2 is 1.52 bits per heavy atom. The van der Waals surface area contributed by atoms with Gasteiger partial charge in [0.1, 0.15) is 0 Å². The van der Waals surface area contributed by atoms with Crippen molar-refractivity contribution < 1.29 is 4.79 Å². The van der Waals surface area contributed by atoms with Crippen LogP contribution in [-0.4, -0.2) is 79.5 Å². The molecule has 0 unspecified atom stereocenters. The molecule has 5 nitrogen and oxygen atoms in total. The normalized spacial score (nSPS) is 21.7. The van der Waals surface area contributed by atoms with Gasteiger partial charge in [-0.15, -0.1) is 0 Å². The van der Waals surface area contributed by atoms with E-state index >= 15 is 0 Å². The summed E-state index contributed by atoms with van der Waals surface area (Å²) in [5.41, 5.74) is 5.53. The summed E-state index contributed by atoms with van der Waals surface area (Å²) < 4.78 is 0. The molecular weight excluding hydrogens is 264 g/mol. The Hall–Kier alpha value is -0.650. The van der Waals surface area contributed by atoms with E-state index in [9.17, 15) is 4.79 Å². The zero-order valence-corrected chi connectivity index (χ0v) is 13.4. The van der Waals surface area contributed by atoms with E-state index < -0.39 is 0 Å². The van der Waals surface area contributed by atoms with Crippen molar-refractivity contribution in [3.8, 4) is 0 Å². The van der Waals surface area contributed by atoms with E-state index in [1.54, 1.807) is 0 Å². The van der Waals surface area contributed by atoms with Crippen molar-refractivity contribution in [1.82, 2.24) is 14.7 Å². The third-order valence-corrected chi connectivity index (χ3v) is 4.68. The van der Waals surface area contributed by atoms with E-state index in [4.69, 9.17) is 5.73 Å². The lowest BCUT2D eigenvalue weighted by atomic mass is 10.2. The van der Waals surface area contributed by atoms with Gasteiger partial charge in [0.05, 0.1) is 6.54 Å². The van der Waals surface area contributed by atoms with Gasteiger partial charge >= 0.3 is 0 Å². The second kappa shape index (κ2) is 9.38. The van der Waals surface area contributed by atoms with Crippen LogP contribution in [0.4, 0.5) is 0 Å². The van der Waals surface area contributed by atoms with Gasteiger partial charge in [0, 0.05) is 26.2 Å². The number of likely N-dealkylation sites (tertiary alicyclic amines) is 1. The monoisotopic (exact) mass is 296 g/mol. The van der Waals surface area contributed by atoms with Crippen molar-refractivity contribution in [3.63, 3.8) is 0 Å². The van der Waals surface area contributed by atoms with Crippen LogP contribution in [0.15, 0.2) is 0 Å². The Kier molecular flexibility index (Phi) is 7.47. The summed E-state index contributed by atoms with van der Waals surface area (Å²) in [5, 5.41) is 0. The molecule has 2 rings (SSSR count). The molecule has 0 aromatic rings. The molecule has 2 fully saturated rings. The first kappa shape index (κ1) is 16.7. The third-order valence-electron chi connectivity index (χ3n) is 4.68. The third kappa shape index (κ3) is 5.93. The van der Waals surface area contributed by atoms with Gasteiger partial charge in [-0.3, -0.25) is 9.69 Å².